The zero-order valence-electron chi connectivity index (χ0n) is 16.6. The van der Waals surface area contributed by atoms with Gasteiger partial charge in [0.15, 0.2) is 0 Å². The van der Waals surface area contributed by atoms with Crippen LogP contribution in [0.3, 0.4) is 0 Å². The minimum absolute atomic E-state index is 0.0320. The monoisotopic (exact) mass is 395 g/mol. The molecule has 3 aromatic carbocycles. The summed E-state index contributed by atoms with van der Waals surface area (Å²) in [5, 5.41) is 3.34. The molecule has 148 valence electrons. The standard InChI is InChI=1S/C26H22FN3/c27-24-13-7-6-11-21(24)23-16-19-17-29-26(28-15-14-18-8-2-1-3-9-18)30-25(19)22-12-5-4-10-20(22)23/h1-13,17,23H,14-16H2,(H,28,29,30). The quantitative estimate of drug-likeness (QED) is 0.476. The van der Waals surface area contributed by atoms with Crippen molar-refractivity contribution in [2.45, 2.75) is 18.8 Å². The molecular weight excluding hydrogens is 373 g/mol. The van der Waals surface area contributed by atoms with Crippen LogP contribution in [0.4, 0.5) is 10.3 Å². The number of nitrogens with one attached hydrogen (secondary N) is 1. The summed E-state index contributed by atoms with van der Waals surface area (Å²) in [7, 11) is 0. The van der Waals surface area contributed by atoms with Crippen LogP contribution in [-0.2, 0) is 12.8 Å². The minimum Gasteiger partial charge on any atom is -0.354 e. The molecular formula is C26H22FN3. The molecule has 1 aliphatic carbocycles. The number of fused-ring (bicyclic) bond motifs is 3. The second-order valence-corrected chi connectivity index (χ2v) is 7.60. The molecule has 4 heteroatoms. The predicted octanol–water partition coefficient (Wildman–Crippen LogP) is 5.63. The summed E-state index contributed by atoms with van der Waals surface area (Å²) < 4.78 is 14.5. The van der Waals surface area contributed by atoms with Crippen LogP contribution in [0.2, 0.25) is 0 Å². The van der Waals surface area contributed by atoms with Gasteiger partial charge in [-0.25, -0.2) is 14.4 Å². The van der Waals surface area contributed by atoms with Crippen LogP contribution < -0.4 is 5.32 Å². The fourth-order valence-corrected chi connectivity index (χ4v) is 4.22. The second-order valence-electron chi connectivity index (χ2n) is 7.60. The summed E-state index contributed by atoms with van der Waals surface area (Å²) in [4.78, 5) is 9.35. The molecule has 5 rings (SSSR count). The van der Waals surface area contributed by atoms with Crippen LogP contribution in [-0.4, -0.2) is 16.5 Å². The highest BCUT2D eigenvalue weighted by Crippen LogP contribution is 2.42. The van der Waals surface area contributed by atoms with Gasteiger partial charge in [0.25, 0.3) is 0 Å². The molecule has 0 fully saturated rings. The van der Waals surface area contributed by atoms with Crippen LogP contribution in [0, 0.1) is 5.82 Å². The normalized spacial score (nSPS) is 14.6. The molecule has 0 bridgehead atoms. The summed E-state index contributed by atoms with van der Waals surface area (Å²) >= 11 is 0. The lowest BCUT2D eigenvalue weighted by Gasteiger charge is -2.27. The molecule has 0 spiro atoms. The number of hydrogen-bond donors (Lipinski definition) is 1. The summed E-state index contributed by atoms with van der Waals surface area (Å²) in [5.41, 5.74) is 6.16. The van der Waals surface area contributed by atoms with Crippen molar-refractivity contribution >= 4 is 5.95 Å². The van der Waals surface area contributed by atoms with Crippen molar-refractivity contribution in [1.82, 2.24) is 9.97 Å². The zero-order valence-corrected chi connectivity index (χ0v) is 16.6. The van der Waals surface area contributed by atoms with Gasteiger partial charge in [0.05, 0.1) is 5.69 Å². The second kappa shape index (κ2) is 8.07. The maximum absolute atomic E-state index is 14.5. The Morgan fingerprint density at radius 2 is 1.60 bits per heavy atom. The van der Waals surface area contributed by atoms with Gasteiger partial charge >= 0.3 is 0 Å². The van der Waals surface area contributed by atoms with Crippen molar-refractivity contribution in [3.05, 3.63) is 113 Å². The van der Waals surface area contributed by atoms with Gasteiger partial charge < -0.3 is 5.32 Å². The molecule has 3 nitrogen and oxygen atoms in total. The van der Waals surface area contributed by atoms with Gasteiger partial charge in [0, 0.05) is 24.2 Å². The Labute approximate surface area is 175 Å². The smallest absolute Gasteiger partial charge is 0.223 e. The molecule has 0 amide bonds. The van der Waals surface area contributed by atoms with Gasteiger partial charge in [-0.2, -0.15) is 0 Å². The minimum atomic E-state index is -0.166. The molecule has 30 heavy (non-hydrogen) atoms. The molecule has 1 unspecified atom stereocenters. The molecule has 0 radical (unpaired) electrons. The molecule has 0 saturated heterocycles. The van der Waals surface area contributed by atoms with E-state index in [1.807, 2.05) is 48.7 Å². The van der Waals surface area contributed by atoms with Crippen molar-refractivity contribution in [2.24, 2.45) is 0 Å². The van der Waals surface area contributed by atoms with E-state index in [-0.39, 0.29) is 11.7 Å². The van der Waals surface area contributed by atoms with E-state index in [1.165, 1.54) is 11.6 Å². The first-order chi connectivity index (χ1) is 14.8. The topological polar surface area (TPSA) is 37.8 Å². The number of anilines is 1. The van der Waals surface area contributed by atoms with E-state index in [9.17, 15) is 4.39 Å². The lowest BCUT2D eigenvalue weighted by atomic mass is 9.78. The Hall–Kier alpha value is -3.53. The lowest BCUT2D eigenvalue weighted by Crippen LogP contribution is -2.16. The van der Waals surface area contributed by atoms with Crippen LogP contribution in [0.25, 0.3) is 11.3 Å². The van der Waals surface area contributed by atoms with Crippen molar-refractivity contribution in [3.8, 4) is 11.3 Å². The number of benzene rings is 3. The molecule has 0 saturated carbocycles. The number of nitrogens with zero attached hydrogens (tertiary/aromatic N) is 2. The first-order valence-corrected chi connectivity index (χ1v) is 10.3. The summed E-state index contributed by atoms with van der Waals surface area (Å²) in [6.45, 7) is 0.766. The first-order valence-electron chi connectivity index (χ1n) is 10.3. The number of halogens is 1. The first kappa shape index (κ1) is 18.5. The van der Waals surface area contributed by atoms with Crippen LogP contribution in [0.15, 0.2) is 85.1 Å². The Bertz CT molecular complexity index is 1170. The molecule has 1 heterocycles. The highest BCUT2D eigenvalue weighted by Gasteiger charge is 2.28. The van der Waals surface area contributed by atoms with E-state index in [4.69, 9.17) is 4.98 Å². The molecule has 0 aliphatic heterocycles. The van der Waals surface area contributed by atoms with Gasteiger partial charge in [0.2, 0.25) is 5.95 Å². The van der Waals surface area contributed by atoms with Crippen LogP contribution >= 0.6 is 0 Å². The van der Waals surface area contributed by atoms with Crippen molar-refractivity contribution in [3.63, 3.8) is 0 Å². The van der Waals surface area contributed by atoms with E-state index >= 15 is 0 Å². The lowest BCUT2D eigenvalue weighted by molar-refractivity contribution is 0.593. The largest absolute Gasteiger partial charge is 0.354 e. The summed E-state index contributed by atoms with van der Waals surface area (Å²) in [5.74, 6) is 0.431. The molecule has 1 N–H and O–H groups in total. The van der Waals surface area contributed by atoms with Gasteiger partial charge in [-0.3, -0.25) is 0 Å². The predicted molar refractivity (Wildman–Crippen MR) is 118 cm³/mol. The Morgan fingerprint density at radius 3 is 2.43 bits per heavy atom. The number of rotatable bonds is 5. The van der Waals surface area contributed by atoms with Gasteiger partial charge in [-0.05, 0) is 41.2 Å². The van der Waals surface area contributed by atoms with E-state index in [0.29, 0.717) is 12.4 Å². The fourth-order valence-electron chi connectivity index (χ4n) is 4.22. The summed E-state index contributed by atoms with van der Waals surface area (Å²) in [6, 6.07) is 25.6. The van der Waals surface area contributed by atoms with Crippen molar-refractivity contribution in [2.75, 3.05) is 11.9 Å². The van der Waals surface area contributed by atoms with Gasteiger partial charge in [0.1, 0.15) is 5.82 Å². The SMILES string of the molecule is Fc1ccccc1C1Cc2cnc(NCCc3ccccc3)nc2-c2ccccc21. The number of aromatic nitrogens is 2. The zero-order chi connectivity index (χ0) is 20.3. The molecule has 1 atom stereocenters. The fraction of sp³-hybridized carbons (Fsp3) is 0.154. The van der Waals surface area contributed by atoms with Crippen molar-refractivity contribution < 1.29 is 4.39 Å². The van der Waals surface area contributed by atoms with E-state index in [0.717, 1.165) is 40.9 Å². The molecule has 1 aromatic heterocycles. The van der Waals surface area contributed by atoms with Gasteiger partial charge in [-0.1, -0.05) is 72.8 Å². The van der Waals surface area contributed by atoms with Crippen molar-refractivity contribution in [1.29, 1.82) is 0 Å². The third kappa shape index (κ3) is 3.57. The molecule has 1 aliphatic rings. The Kier molecular flexibility index (Phi) is 4.98. The third-order valence-electron chi connectivity index (χ3n) is 5.70. The van der Waals surface area contributed by atoms with Gasteiger partial charge in [-0.15, -0.1) is 0 Å². The summed E-state index contributed by atoms with van der Waals surface area (Å²) in [6.07, 6.45) is 3.49. The Balaban J connectivity index is 1.43. The third-order valence-corrected chi connectivity index (χ3v) is 5.70. The van der Waals surface area contributed by atoms with E-state index in [1.54, 1.807) is 6.07 Å². The average molecular weight is 395 g/mol. The van der Waals surface area contributed by atoms with Crippen LogP contribution in [0.1, 0.15) is 28.2 Å². The average Bonchev–Trinajstić information content (AvgIpc) is 2.80. The Morgan fingerprint density at radius 1 is 0.867 bits per heavy atom. The van der Waals surface area contributed by atoms with E-state index in [2.05, 4.69) is 34.6 Å². The van der Waals surface area contributed by atoms with Crippen LogP contribution in [0.5, 0.6) is 0 Å². The maximum Gasteiger partial charge on any atom is 0.223 e. The maximum atomic E-state index is 14.5. The number of hydrogen-bond acceptors (Lipinski definition) is 3. The molecule has 4 aromatic rings. The highest BCUT2D eigenvalue weighted by molar-refractivity contribution is 5.72. The highest BCUT2D eigenvalue weighted by atomic mass is 19.1. The van der Waals surface area contributed by atoms with E-state index < -0.39 is 0 Å².